The van der Waals surface area contributed by atoms with Gasteiger partial charge in [-0.05, 0) is 6.42 Å². The van der Waals surface area contributed by atoms with Crippen molar-refractivity contribution >= 4 is 0 Å². The van der Waals surface area contributed by atoms with E-state index in [1.807, 2.05) is 24.0 Å². The molecule has 0 aliphatic rings. The number of aromatic nitrogens is 2. The van der Waals surface area contributed by atoms with Gasteiger partial charge >= 0.3 is 0 Å². The van der Waals surface area contributed by atoms with Crippen LogP contribution in [0.5, 0.6) is 0 Å². The van der Waals surface area contributed by atoms with Crippen molar-refractivity contribution in [3.05, 3.63) is 18.2 Å². The summed E-state index contributed by atoms with van der Waals surface area (Å²) < 4.78 is 2.03. The van der Waals surface area contributed by atoms with Gasteiger partial charge in [0.05, 0.1) is 0 Å². The minimum atomic E-state index is 0.00162. The maximum absolute atomic E-state index is 9.26. The molecule has 0 aliphatic heterocycles. The molecule has 2 N–H and O–H groups in total. The SMILES string of the molecule is CCC(C)(CO)CNCCc1nccn1C. The van der Waals surface area contributed by atoms with E-state index >= 15 is 0 Å². The molecule has 0 saturated heterocycles. The zero-order valence-electron chi connectivity index (χ0n) is 10.5. The van der Waals surface area contributed by atoms with Crippen molar-refractivity contribution in [3.63, 3.8) is 0 Å². The number of imidazole rings is 1. The van der Waals surface area contributed by atoms with Gasteiger partial charge < -0.3 is 15.0 Å². The van der Waals surface area contributed by atoms with Crippen molar-refractivity contribution < 1.29 is 5.11 Å². The molecule has 0 aromatic carbocycles. The third kappa shape index (κ3) is 3.61. The predicted molar refractivity (Wildman–Crippen MR) is 65.3 cm³/mol. The van der Waals surface area contributed by atoms with E-state index in [9.17, 15) is 5.11 Å². The molecule has 1 unspecified atom stereocenters. The van der Waals surface area contributed by atoms with E-state index in [-0.39, 0.29) is 12.0 Å². The zero-order chi connectivity index (χ0) is 12.0. The molecule has 0 aliphatic carbocycles. The lowest BCUT2D eigenvalue weighted by Gasteiger charge is -2.25. The number of nitrogens with one attached hydrogen (secondary N) is 1. The third-order valence-electron chi connectivity index (χ3n) is 3.23. The van der Waals surface area contributed by atoms with E-state index in [4.69, 9.17) is 0 Å². The Morgan fingerprint density at radius 2 is 2.31 bits per heavy atom. The van der Waals surface area contributed by atoms with Gasteiger partial charge in [0, 0.05) is 51.0 Å². The largest absolute Gasteiger partial charge is 0.396 e. The molecule has 0 radical (unpaired) electrons. The summed E-state index contributed by atoms with van der Waals surface area (Å²) in [6.45, 7) is 6.20. The highest BCUT2D eigenvalue weighted by molar-refractivity contribution is 4.91. The number of aliphatic hydroxyl groups excluding tert-OH is 1. The Kier molecular flexibility index (Phi) is 4.96. The van der Waals surface area contributed by atoms with Gasteiger partial charge in [-0.1, -0.05) is 13.8 Å². The summed E-state index contributed by atoms with van der Waals surface area (Å²) in [7, 11) is 2.01. The summed E-state index contributed by atoms with van der Waals surface area (Å²) in [6, 6.07) is 0. The first-order chi connectivity index (χ1) is 7.61. The van der Waals surface area contributed by atoms with E-state index in [1.165, 1.54) is 0 Å². The molecule has 4 nitrogen and oxygen atoms in total. The average Bonchev–Trinajstić information content (AvgIpc) is 2.70. The van der Waals surface area contributed by atoms with Crippen LogP contribution in [0.25, 0.3) is 0 Å². The topological polar surface area (TPSA) is 50.1 Å². The lowest BCUT2D eigenvalue weighted by molar-refractivity contribution is 0.136. The molecule has 0 saturated carbocycles. The van der Waals surface area contributed by atoms with Crippen LogP contribution in [-0.4, -0.2) is 34.4 Å². The van der Waals surface area contributed by atoms with Crippen molar-refractivity contribution in [1.29, 1.82) is 0 Å². The molecule has 1 rings (SSSR count). The van der Waals surface area contributed by atoms with Gasteiger partial charge in [-0.25, -0.2) is 4.98 Å². The molecule has 0 amide bonds. The smallest absolute Gasteiger partial charge is 0.109 e. The number of nitrogens with zero attached hydrogens (tertiary/aromatic N) is 2. The third-order valence-corrected chi connectivity index (χ3v) is 3.23. The summed E-state index contributed by atoms with van der Waals surface area (Å²) in [5.41, 5.74) is 0.00162. The maximum atomic E-state index is 9.26. The van der Waals surface area contributed by atoms with Crippen LogP contribution in [-0.2, 0) is 13.5 Å². The van der Waals surface area contributed by atoms with E-state index < -0.39 is 0 Å². The van der Waals surface area contributed by atoms with Gasteiger partial charge in [0.1, 0.15) is 5.82 Å². The van der Waals surface area contributed by atoms with Gasteiger partial charge in [-0.15, -0.1) is 0 Å². The van der Waals surface area contributed by atoms with Crippen LogP contribution in [0.4, 0.5) is 0 Å². The summed E-state index contributed by atoms with van der Waals surface area (Å²) >= 11 is 0. The molecule has 1 heterocycles. The van der Waals surface area contributed by atoms with Crippen molar-refractivity contribution in [3.8, 4) is 0 Å². The Balaban J connectivity index is 2.24. The van der Waals surface area contributed by atoms with E-state index in [1.54, 1.807) is 0 Å². The number of rotatable bonds is 7. The van der Waals surface area contributed by atoms with Gasteiger partial charge in [-0.3, -0.25) is 0 Å². The molecule has 92 valence electrons. The predicted octanol–water partition coefficient (Wildman–Crippen LogP) is 0.961. The number of hydrogen-bond acceptors (Lipinski definition) is 3. The van der Waals surface area contributed by atoms with Crippen molar-refractivity contribution in [2.75, 3.05) is 19.7 Å². The summed E-state index contributed by atoms with van der Waals surface area (Å²) in [5, 5.41) is 12.6. The van der Waals surface area contributed by atoms with Crippen molar-refractivity contribution in [2.24, 2.45) is 12.5 Å². The Hall–Kier alpha value is -0.870. The Labute approximate surface area is 97.7 Å². The van der Waals surface area contributed by atoms with Crippen LogP contribution in [0.1, 0.15) is 26.1 Å². The lowest BCUT2D eigenvalue weighted by Crippen LogP contribution is -2.35. The molecule has 1 atom stereocenters. The second-order valence-corrected chi connectivity index (χ2v) is 4.70. The summed E-state index contributed by atoms with van der Waals surface area (Å²) in [6.07, 6.45) is 5.69. The average molecular weight is 225 g/mol. The van der Waals surface area contributed by atoms with Gasteiger partial charge in [-0.2, -0.15) is 0 Å². The highest BCUT2D eigenvalue weighted by Crippen LogP contribution is 2.18. The molecule has 0 spiro atoms. The fraction of sp³-hybridized carbons (Fsp3) is 0.750. The Bertz CT molecular complexity index is 305. The second kappa shape index (κ2) is 6.01. The number of aliphatic hydroxyl groups is 1. The minimum absolute atomic E-state index is 0.00162. The maximum Gasteiger partial charge on any atom is 0.109 e. The van der Waals surface area contributed by atoms with Gasteiger partial charge in [0.25, 0.3) is 0 Å². The molecule has 0 fully saturated rings. The fourth-order valence-electron chi connectivity index (χ4n) is 1.52. The van der Waals surface area contributed by atoms with Crippen LogP contribution < -0.4 is 5.32 Å². The Morgan fingerprint density at radius 1 is 1.56 bits per heavy atom. The number of hydrogen-bond donors (Lipinski definition) is 2. The normalized spacial score (nSPS) is 15.0. The lowest BCUT2D eigenvalue weighted by atomic mass is 9.89. The second-order valence-electron chi connectivity index (χ2n) is 4.70. The van der Waals surface area contributed by atoms with Crippen LogP contribution in [0, 0.1) is 5.41 Å². The monoisotopic (exact) mass is 225 g/mol. The zero-order valence-corrected chi connectivity index (χ0v) is 10.5. The van der Waals surface area contributed by atoms with Crippen LogP contribution in [0.15, 0.2) is 12.4 Å². The molecular weight excluding hydrogens is 202 g/mol. The van der Waals surface area contributed by atoms with Crippen molar-refractivity contribution in [2.45, 2.75) is 26.7 Å². The molecule has 16 heavy (non-hydrogen) atoms. The summed E-state index contributed by atoms with van der Waals surface area (Å²) in [4.78, 5) is 4.26. The van der Waals surface area contributed by atoms with Gasteiger partial charge in [0.15, 0.2) is 0 Å². The molecule has 4 heteroatoms. The van der Waals surface area contributed by atoms with Crippen LogP contribution >= 0.6 is 0 Å². The van der Waals surface area contributed by atoms with Crippen LogP contribution in [0.2, 0.25) is 0 Å². The molecule has 0 bridgehead atoms. The first kappa shape index (κ1) is 13.2. The van der Waals surface area contributed by atoms with Crippen LogP contribution in [0.3, 0.4) is 0 Å². The minimum Gasteiger partial charge on any atom is -0.396 e. The quantitative estimate of drug-likeness (QED) is 0.680. The standard InChI is InChI=1S/C12H23N3O/c1-4-12(2,10-16)9-13-6-5-11-14-7-8-15(11)3/h7-8,13,16H,4-6,9-10H2,1-3H3. The fourth-order valence-corrected chi connectivity index (χ4v) is 1.52. The van der Waals surface area contributed by atoms with E-state index in [0.717, 1.165) is 31.8 Å². The van der Waals surface area contributed by atoms with E-state index in [2.05, 4.69) is 24.1 Å². The van der Waals surface area contributed by atoms with E-state index in [0.29, 0.717) is 0 Å². The highest BCUT2D eigenvalue weighted by atomic mass is 16.3. The highest BCUT2D eigenvalue weighted by Gasteiger charge is 2.19. The van der Waals surface area contributed by atoms with Crippen molar-refractivity contribution in [1.82, 2.24) is 14.9 Å². The summed E-state index contributed by atoms with van der Waals surface area (Å²) in [5.74, 6) is 1.09. The number of aryl methyl sites for hydroxylation is 1. The Morgan fingerprint density at radius 3 is 2.81 bits per heavy atom. The first-order valence-electron chi connectivity index (χ1n) is 5.89. The molecule has 1 aromatic heterocycles. The first-order valence-corrected chi connectivity index (χ1v) is 5.89. The molecule has 1 aromatic rings. The van der Waals surface area contributed by atoms with Gasteiger partial charge in [0.2, 0.25) is 0 Å². The molecular formula is C12H23N3O.